The lowest BCUT2D eigenvalue weighted by Gasteiger charge is -2.13. The number of benzene rings is 2. The van der Waals surface area contributed by atoms with Gasteiger partial charge in [0, 0.05) is 10.6 Å². The third kappa shape index (κ3) is 5.78. The van der Waals surface area contributed by atoms with Crippen molar-refractivity contribution in [3.63, 3.8) is 0 Å². The predicted molar refractivity (Wildman–Crippen MR) is 136 cm³/mol. The molecule has 1 aliphatic rings. The Bertz CT molecular complexity index is 1090. The number of nitrogens with zero attached hydrogens (tertiary/aromatic N) is 1. The van der Waals surface area contributed by atoms with Crippen molar-refractivity contribution >= 4 is 74.9 Å². The van der Waals surface area contributed by atoms with Crippen LogP contribution in [0.2, 0.25) is 0 Å². The lowest BCUT2D eigenvalue weighted by atomic mass is 10.2. The Morgan fingerprint density at radius 2 is 2.06 bits per heavy atom. The maximum atomic E-state index is 12.8. The number of rotatable bonds is 8. The summed E-state index contributed by atoms with van der Waals surface area (Å²) >= 11 is 4.49. The van der Waals surface area contributed by atoms with Gasteiger partial charge < -0.3 is 14.8 Å². The van der Waals surface area contributed by atoms with Crippen molar-refractivity contribution < 1.29 is 23.9 Å². The zero-order chi connectivity index (χ0) is 23.3. The molecule has 1 fully saturated rings. The first-order valence-corrected chi connectivity index (χ1v) is 12.7. The van der Waals surface area contributed by atoms with Gasteiger partial charge >= 0.3 is 0 Å². The number of halogens is 1. The van der Waals surface area contributed by atoms with Crippen LogP contribution < -0.4 is 14.8 Å². The lowest BCUT2D eigenvalue weighted by molar-refractivity contribution is -0.127. The lowest BCUT2D eigenvalue weighted by Crippen LogP contribution is -2.36. The highest BCUT2D eigenvalue weighted by Crippen LogP contribution is 2.37. The normalized spacial score (nSPS) is 14.8. The number of amides is 3. The second kappa shape index (κ2) is 11.1. The Morgan fingerprint density at radius 1 is 1.28 bits per heavy atom. The number of ether oxygens (including phenoxy) is 2. The van der Waals surface area contributed by atoms with Gasteiger partial charge in [0.2, 0.25) is 5.91 Å². The van der Waals surface area contributed by atoms with Crippen LogP contribution in [0.25, 0.3) is 6.08 Å². The molecule has 1 N–H and O–H groups in total. The van der Waals surface area contributed by atoms with Crippen LogP contribution in [0.5, 0.6) is 11.5 Å². The van der Waals surface area contributed by atoms with Crippen LogP contribution in [0.4, 0.5) is 10.5 Å². The summed E-state index contributed by atoms with van der Waals surface area (Å²) in [5.74, 6) is 0.223. The van der Waals surface area contributed by atoms with Crippen LogP contribution >= 0.6 is 46.1 Å². The Hall–Kier alpha value is -2.18. The van der Waals surface area contributed by atoms with Gasteiger partial charge in [-0.15, -0.1) is 11.8 Å². The molecule has 0 bridgehead atoms. The summed E-state index contributed by atoms with van der Waals surface area (Å²) in [6, 6.07) is 10.9. The number of hydrogen-bond acceptors (Lipinski definition) is 7. The Morgan fingerprint density at radius 3 is 2.75 bits per heavy atom. The number of nitrogens with one attached hydrogen (secondary N) is 1. The van der Waals surface area contributed by atoms with Crippen molar-refractivity contribution in [1.29, 1.82) is 0 Å². The van der Waals surface area contributed by atoms with Crippen LogP contribution in [0, 0.1) is 3.57 Å². The Kier molecular flexibility index (Phi) is 8.49. The summed E-state index contributed by atoms with van der Waals surface area (Å²) < 4.78 is 11.8. The van der Waals surface area contributed by atoms with Gasteiger partial charge in [0.1, 0.15) is 6.54 Å². The smallest absolute Gasteiger partial charge is 0.294 e. The van der Waals surface area contributed by atoms with E-state index >= 15 is 0 Å². The zero-order valence-electron chi connectivity index (χ0n) is 17.6. The average molecular weight is 584 g/mol. The highest BCUT2D eigenvalue weighted by Gasteiger charge is 2.36. The van der Waals surface area contributed by atoms with Gasteiger partial charge in [-0.1, -0.05) is 6.07 Å². The van der Waals surface area contributed by atoms with E-state index in [9.17, 15) is 14.4 Å². The second-order valence-electron chi connectivity index (χ2n) is 6.52. The minimum atomic E-state index is -0.503. The third-order valence-electron chi connectivity index (χ3n) is 4.36. The second-order valence-corrected chi connectivity index (χ2v) is 9.55. The number of carbonyl (C=O) groups excluding carboxylic acids is 3. The molecular weight excluding hydrogens is 563 g/mol. The number of imide groups is 1. The quantitative estimate of drug-likeness (QED) is 0.263. The first-order valence-electron chi connectivity index (χ1n) is 9.55. The molecule has 32 heavy (non-hydrogen) atoms. The van der Waals surface area contributed by atoms with E-state index in [2.05, 4.69) is 27.9 Å². The number of thioether (sulfide) groups is 2. The molecule has 0 aliphatic carbocycles. The molecule has 0 saturated carbocycles. The van der Waals surface area contributed by atoms with Gasteiger partial charge in [-0.25, -0.2) is 0 Å². The third-order valence-corrected chi connectivity index (χ3v) is 6.80. The Balaban J connectivity index is 1.75. The van der Waals surface area contributed by atoms with Gasteiger partial charge in [-0.3, -0.25) is 19.3 Å². The van der Waals surface area contributed by atoms with Gasteiger partial charge in [0.25, 0.3) is 11.1 Å². The fourth-order valence-electron chi connectivity index (χ4n) is 2.96. The SMILES string of the molecule is CCOc1cc(/C=C2/SC(=O)N(CC(=O)Nc3cccc(SC)c3)C2=O)cc(I)c1OC. The summed E-state index contributed by atoms with van der Waals surface area (Å²) in [4.78, 5) is 39.8. The number of carbonyl (C=O) groups is 3. The zero-order valence-corrected chi connectivity index (χ0v) is 21.4. The van der Waals surface area contributed by atoms with Crippen molar-refractivity contribution in [2.75, 3.05) is 31.8 Å². The van der Waals surface area contributed by atoms with E-state index in [1.54, 1.807) is 37.1 Å². The van der Waals surface area contributed by atoms with Crippen molar-refractivity contribution in [3.8, 4) is 11.5 Å². The van der Waals surface area contributed by atoms with Crippen LogP contribution in [-0.2, 0) is 9.59 Å². The van der Waals surface area contributed by atoms with E-state index in [4.69, 9.17) is 9.47 Å². The molecule has 0 radical (unpaired) electrons. The van der Waals surface area contributed by atoms with E-state index in [1.807, 2.05) is 37.4 Å². The molecule has 3 amide bonds. The summed E-state index contributed by atoms with van der Waals surface area (Å²) in [7, 11) is 1.56. The summed E-state index contributed by atoms with van der Waals surface area (Å²) in [5, 5.41) is 2.25. The Labute approximate surface area is 208 Å². The summed E-state index contributed by atoms with van der Waals surface area (Å²) in [6.07, 6.45) is 3.56. The molecule has 0 atom stereocenters. The predicted octanol–water partition coefficient (Wildman–Crippen LogP) is 5.10. The minimum absolute atomic E-state index is 0.246. The average Bonchev–Trinajstić information content (AvgIpc) is 3.01. The van der Waals surface area contributed by atoms with Gasteiger partial charge in [0.15, 0.2) is 11.5 Å². The van der Waals surface area contributed by atoms with Crippen LogP contribution in [-0.4, -0.2) is 48.5 Å². The van der Waals surface area contributed by atoms with E-state index in [0.29, 0.717) is 29.4 Å². The highest BCUT2D eigenvalue weighted by molar-refractivity contribution is 14.1. The van der Waals surface area contributed by atoms with Crippen molar-refractivity contribution in [2.24, 2.45) is 0 Å². The summed E-state index contributed by atoms with van der Waals surface area (Å²) in [6.45, 7) is 1.98. The molecule has 1 heterocycles. The fraction of sp³-hybridized carbons (Fsp3) is 0.227. The molecule has 0 aromatic heterocycles. The molecular formula is C22H21IN2O5S2. The summed E-state index contributed by atoms with van der Waals surface area (Å²) in [5.41, 5.74) is 1.31. The molecule has 2 aromatic rings. The molecule has 0 spiro atoms. The molecule has 10 heteroatoms. The van der Waals surface area contributed by atoms with Gasteiger partial charge in [0.05, 0.1) is 22.2 Å². The maximum Gasteiger partial charge on any atom is 0.294 e. The monoisotopic (exact) mass is 584 g/mol. The molecule has 3 rings (SSSR count). The maximum absolute atomic E-state index is 12.8. The molecule has 7 nitrogen and oxygen atoms in total. The molecule has 168 valence electrons. The highest BCUT2D eigenvalue weighted by atomic mass is 127. The molecule has 1 saturated heterocycles. The fourth-order valence-corrected chi connectivity index (χ4v) is 5.11. The molecule has 0 unspecified atom stereocenters. The van der Waals surface area contributed by atoms with Crippen molar-refractivity contribution in [2.45, 2.75) is 11.8 Å². The number of anilines is 1. The molecule has 2 aromatic carbocycles. The van der Waals surface area contributed by atoms with E-state index in [-0.39, 0.29) is 11.4 Å². The van der Waals surface area contributed by atoms with Crippen LogP contribution in [0.1, 0.15) is 12.5 Å². The first-order chi connectivity index (χ1) is 15.4. The topological polar surface area (TPSA) is 84.9 Å². The van der Waals surface area contributed by atoms with Gasteiger partial charge in [-0.05, 0) is 89.5 Å². The largest absolute Gasteiger partial charge is 0.492 e. The van der Waals surface area contributed by atoms with E-state index in [0.717, 1.165) is 25.1 Å². The number of hydrogen-bond donors (Lipinski definition) is 1. The first kappa shape index (κ1) is 24.5. The van der Waals surface area contributed by atoms with E-state index in [1.165, 1.54) is 0 Å². The van der Waals surface area contributed by atoms with Crippen molar-refractivity contribution in [3.05, 3.63) is 50.4 Å². The van der Waals surface area contributed by atoms with Crippen molar-refractivity contribution in [1.82, 2.24) is 4.90 Å². The van der Waals surface area contributed by atoms with Gasteiger partial charge in [-0.2, -0.15) is 0 Å². The minimum Gasteiger partial charge on any atom is -0.492 e. The van der Waals surface area contributed by atoms with Crippen LogP contribution in [0.15, 0.2) is 46.2 Å². The standard InChI is InChI=1S/C22H21IN2O5S2/c1-4-30-17-9-13(8-16(23)20(17)29-2)10-18-21(27)25(22(28)32-18)12-19(26)24-14-6-5-7-15(11-14)31-3/h5-11H,4,12H2,1-3H3,(H,24,26)/b18-10+. The van der Waals surface area contributed by atoms with Crippen LogP contribution in [0.3, 0.4) is 0 Å². The number of methoxy groups -OCH3 is 1. The molecule has 1 aliphatic heterocycles. The van der Waals surface area contributed by atoms with E-state index < -0.39 is 17.1 Å².